The number of hydrogen-bond acceptors (Lipinski definition) is 3. The molecule has 1 fully saturated rings. The lowest BCUT2D eigenvalue weighted by Crippen LogP contribution is -2.53. The minimum atomic E-state index is 0.210. The molecule has 0 radical (unpaired) electrons. The fraction of sp³-hybridized carbons (Fsp3) is 0.750. The molecule has 1 aliphatic rings. The topological polar surface area (TPSA) is 29.3 Å². The zero-order valence-electron chi connectivity index (χ0n) is 12.9. The summed E-state index contributed by atoms with van der Waals surface area (Å²) in [5, 5.41) is 2.16. The quantitative estimate of drug-likeness (QED) is 0.840. The summed E-state index contributed by atoms with van der Waals surface area (Å²) in [6.45, 7) is 6.50. The molecule has 0 aromatic carbocycles. The predicted molar refractivity (Wildman–Crippen MR) is 92.1 cm³/mol. The lowest BCUT2D eigenvalue weighted by atomic mass is 9.72. The van der Waals surface area contributed by atoms with Crippen molar-refractivity contribution in [2.75, 3.05) is 13.6 Å². The Balaban J connectivity index is 2.00. The van der Waals surface area contributed by atoms with Gasteiger partial charge in [-0.1, -0.05) is 13.8 Å². The molecule has 1 heterocycles. The van der Waals surface area contributed by atoms with Gasteiger partial charge in [0.1, 0.15) is 0 Å². The van der Waals surface area contributed by atoms with Crippen molar-refractivity contribution < 1.29 is 0 Å². The molecule has 2 rings (SSSR count). The zero-order valence-corrected chi connectivity index (χ0v) is 15.3. The van der Waals surface area contributed by atoms with E-state index in [2.05, 4.69) is 53.2 Å². The Morgan fingerprint density at radius 3 is 2.55 bits per heavy atom. The van der Waals surface area contributed by atoms with Crippen molar-refractivity contribution in [3.05, 3.63) is 20.8 Å². The number of likely N-dealkylation sites (N-methyl/N-ethyl adjacent to an activating group) is 1. The average molecular weight is 359 g/mol. The smallest absolute Gasteiger partial charge is 0.0332 e. The third-order valence-electron chi connectivity index (χ3n) is 5.11. The highest BCUT2D eigenvalue weighted by Gasteiger charge is 2.38. The van der Waals surface area contributed by atoms with Gasteiger partial charge in [-0.05, 0) is 66.6 Å². The summed E-state index contributed by atoms with van der Waals surface area (Å²) in [7, 11) is 2.25. The molecule has 0 spiro atoms. The van der Waals surface area contributed by atoms with Crippen molar-refractivity contribution in [2.45, 2.75) is 51.6 Å². The van der Waals surface area contributed by atoms with Crippen molar-refractivity contribution in [1.82, 2.24) is 4.90 Å². The van der Waals surface area contributed by atoms with E-state index in [1.165, 1.54) is 35.0 Å². The van der Waals surface area contributed by atoms with Gasteiger partial charge in [-0.2, -0.15) is 0 Å². The molecule has 1 aliphatic carbocycles. The first-order valence-electron chi connectivity index (χ1n) is 7.61. The maximum atomic E-state index is 6.17. The van der Waals surface area contributed by atoms with E-state index in [-0.39, 0.29) is 5.54 Å². The molecule has 1 aromatic heterocycles. The molecule has 0 aliphatic heterocycles. The summed E-state index contributed by atoms with van der Waals surface area (Å²) in [4.78, 5) is 3.92. The lowest BCUT2D eigenvalue weighted by molar-refractivity contribution is 0.0505. The Hall–Kier alpha value is 0.1000. The number of nitrogens with zero attached hydrogens (tertiary/aromatic N) is 1. The second kappa shape index (κ2) is 6.91. The third-order valence-corrected chi connectivity index (χ3v) is 6.79. The third kappa shape index (κ3) is 3.65. The van der Waals surface area contributed by atoms with Gasteiger partial charge >= 0.3 is 0 Å². The van der Waals surface area contributed by atoms with E-state index in [0.717, 1.165) is 24.9 Å². The summed E-state index contributed by atoms with van der Waals surface area (Å²) in [6, 6.07) is 2.23. The number of rotatable bonds is 5. The summed E-state index contributed by atoms with van der Waals surface area (Å²) >= 11 is 5.37. The molecular weight excluding hydrogens is 332 g/mol. The normalized spacial score (nSPS) is 27.4. The van der Waals surface area contributed by atoms with E-state index in [1.54, 1.807) is 0 Å². The van der Waals surface area contributed by atoms with Crippen LogP contribution >= 0.6 is 27.3 Å². The molecule has 1 saturated carbocycles. The van der Waals surface area contributed by atoms with Crippen LogP contribution in [0.3, 0.4) is 0 Å². The Bertz CT molecular complexity index is 422. The van der Waals surface area contributed by atoms with Crippen LogP contribution in [0.4, 0.5) is 0 Å². The average Bonchev–Trinajstić information content (AvgIpc) is 2.84. The lowest BCUT2D eigenvalue weighted by Gasteiger charge is -2.46. The highest BCUT2D eigenvalue weighted by atomic mass is 79.9. The molecule has 114 valence electrons. The van der Waals surface area contributed by atoms with Crippen LogP contribution in [0.15, 0.2) is 15.9 Å². The number of nitrogens with two attached hydrogens (primary N) is 1. The fourth-order valence-electron chi connectivity index (χ4n) is 3.42. The van der Waals surface area contributed by atoms with Gasteiger partial charge in [0, 0.05) is 33.4 Å². The molecule has 4 heteroatoms. The predicted octanol–water partition coefficient (Wildman–Crippen LogP) is 4.49. The summed E-state index contributed by atoms with van der Waals surface area (Å²) in [5.74, 6) is 1.70. The standard InChI is InChI=1S/C16H27BrN2S/c1-12(2)13-4-6-16(11-18,7-5-13)19(3)9-15-8-14(17)10-20-15/h8,10,12-13H,4-7,9,11,18H2,1-3H3. The molecule has 0 amide bonds. The molecule has 0 atom stereocenters. The van der Waals surface area contributed by atoms with Gasteiger partial charge in [0.15, 0.2) is 0 Å². The molecule has 0 bridgehead atoms. The second-order valence-corrected chi connectivity index (χ2v) is 8.51. The minimum Gasteiger partial charge on any atom is -0.329 e. The van der Waals surface area contributed by atoms with Crippen LogP contribution in [0.1, 0.15) is 44.4 Å². The van der Waals surface area contributed by atoms with Crippen molar-refractivity contribution >= 4 is 27.3 Å². The molecular formula is C16H27BrN2S. The van der Waals surface area contributed by atoms with Crippen LogP contribution in [0, 0.1) is 11.8 Å². The van der Waals surface area contributed by atoms with Crippen LogP contribution in [-0.2, 0) is 6.54 Å². The highest BCUT2D eigenvalue weighted by molar-refractivity contribution is 9.10. The van der Waals surface area contributed by atoms with Crippen LogP contribution < -0.4 is 5.73 Å². The maximum absolute atomic E-state index is 6.17. The monoisotopic (exact) mass is 358 g/mol. The Morgan fingerprint density at radius 1 is 1.45 bits per heavy atom. The largest absolute Gasteiger partial charge is 0.329 e. The van der Waals surface area contributed by atoms with Gasteiger partial charge in [0.2, 0.25) is 0 Å². The van der Waals surface area contributed by atoms with E-state index in [4.69, 9.17) is 5.73 Å². The van der Waals surface area contributed by atoms with Crippen LogP contribution in [0.5, 0.6) is 0 Å². The SMILES string of the molecule is CC(C)C1CCC(CN)(N(C)Cc2cc(Br)cs2)CC1. The van der Waals surface area contributed by atoms with Gasteiger partial charge in [0.25, 0.3) is 0 Å². The van der Waals surface area contributed by atoms with Gasteiger partial charge in [0.05, 0.1) is 0 Å². The van der Waals surface area contributed by atoms with Crippen molar-refractivity contribution in [1.29, 1.82) is 0 Å². The maximum Gasteiger partial charge on any atom is 0.0332 e. The summed E-state index contributed by atoms with van der Waals surface area (Å²) < 4.78 is 1.19. The van der Waals surface area contributed by atoms with Gasteiger partial charge < -0.3 is 5.73 Å². The molecule has 1 aromatic rings. The van der Waals surface area contributed by atoms with E-state index in [9.17, 15) is 0 Å². The van der Waals surface area contributed by atoms with Crippen LogP contribution in [0.25, 0.3) is 0 Å². The molecule has 2 N–H and O–H groups in total. The Labute approximate surface area is 135 Å². The summed E-state index contributed by atoms with van der Waals surface area (Å²) in [6.07, 6.45) is 5.14. The van der Waals surface area contributed by atoms with Crippen molar-refractivity contribution in [3.8, 4) is 0 Å². The molecule has 0 unspecified atom stereocenters. The fourth-order valence-corrected chi connectivity index (χ4v) is 4.93. The van der Waals surface area contributed by atoms with E-state index in [1.807, 2.05) is 11.3 Å². The zero-order chi connectivity index (χ0) is 14.8. The Kier molecular flexibility index (Phi) is 5.69. The number of hydrogen-bond donors (Lipinski definition) is 1. The first-order valence-corrected chi connectivity index (χ1v) is 9.28. The molecule has 2 nitrogen and oxygen atoms in total. The van der Waals surface area contributed by atoms with Crippen molar-refractivity contribution in [3.63, 3.8) is 0 Å². The minimum absolute atomic E-state index is 0.210. The van der Waals surface area contributed by atoms with E-state index >= 15 is 0 Å². The van der Waals surface area contributed by atoms with Crippen LogP contribution in [-0.4, -0.2) is 24.0 Å². The van der Waals surface area contributed by atoms with Crippen molar-refractivity contribution in [2.24, 2.45) is 17.6 Å². The van der Waals surface area contributed by atoms with Crippen LogP contribution in [0.2, 0.25) is 0 Å². The molecule has 0 saturated heterocycles. The summed E-state index contributed by atoms with van der Waals surface area (Å²) in [5.41, 5.74) is 6.38. The Morgan fingerprint density at radius 2 is 2.10 bits per heavy atom. The number of thiophene rings is 1. The highest BCUT2D eigenvalue weighted by Crippen LogP contribution is 2.39. The van der Waals surface area contributed by atoms with E-state index < -0.39 is 0 Å². The van der Waals surface area contributed by atoms with Gasteiger partial charge in [-0.25, -0.2) is 0 Å². The second-order valence-electron chi connectivity index (χ2n) is 6.60. The first-order chi connectivity index (χ1) is 9.47. The van der Waals surface area contributed by atoms with E-state index in [0.29, 0.717) is 0 Å². The number of halogens is 1. The first kappa shape index (κ1) is 16.5. The molecule has 20 heavy (non-hydrogen) atoms. The van der Waals surface area contributed by atoms with Gasteiger partial charge in [-0.15, -0.1) is 11.3 Å². The van der Waals surface area contributed by atoms with Gasteiger partial charge in [-0.3, -0.25) is 4.90 Å².